The number of carbonyl (C=O) groups is 1. The smallest absolute Gasteiger partial charge is 0.237 e. The Morgan fingerprint density at radius 3 is 2.53 bits per heavy atom. The van der Waals surface area contributed by atoms with Gasteiger partial charge in [0.2, 0.25) is 5.91 Å². The first kappa shape index (κ1) is 12.5. The van der Waals surface area contributed by atoms with E-state index in [1.807, 2.05) is 6.92 Å². The zero-order valence-corrected chi connectivity index (χ0v) is 9.96. The van der Waals surface area contributed by atoms with Gasteiger partial charge in [0.15, 0.2) is 0 Å². The summed E-state index contributed by atoms with van der Waals surface area (Å²) in [5.74, 6) is 0.669. The average molecular weight is 212 g/mol. The molecule has 0 unspecified atom stereocenters. The quantitative estimate of drug-likeness (QED) is 0.746. The Morgan fingerprint density at radius 2 is 2.00 bits per heavy atom. The van der Waals surface area contributed by atoms with Gasteiger partial charge in [0.05, 0.1) is 6.04 Å². The van der Waals surface area contributed by atoms with Gasteiger partial charge in [0.25, 0.3) is 0 Å². The van der Waals surface area contributed by atoms with Crippen molar-refractivity contribution in [1.82, 2.24) is 5.32 Å². The molecule has 1 fully saturated rings. The van der Waals surface area contributed by atoms with Gasteiger partial charge in [0.1, 0.15) is 0 Å². The third kappa shape index (κ3) is 3.82. The number of carbonyl (C=O) groups excluding carboxylic acids is 1. The van der Waals surface area contributed by atoms with Crippen LogP contribution in [0.2, 0.25) is 0 Å². The zero-order valence-electron chi connectivity index (χ0n) is 9.96. The highest BCUT2D eigenvalue weighted by Crippen LogP contribution is 2.26. The second-order valence-corrected chi connectivity index (χ2v) is 4.71. The molecule has 0 spiro atoms. The van der Waals surface area contributed by atoms with E-state index >= 15 is 0 Å². The van der Waals surface area contributed by atoms with Gasteiger partial charge in [0, 0.05) is 6.04 Å². The van der Waals surface area contributed by atoms with E-state index in [1.165, 1.54) is 32.1 Å². The highest BCUT2D eigenvalue weighted by atomic mass is 16.2. The Bertz CT molecular complexity index is 200. The fourth-order valence-electron chi connectivity index (χ4n) is 2.27. The maximum Gasteiger partial charge on any atom is 0.237 e. The minimum Gasteiger partial charge on any atom is -0.352 e. The molecule has 1 amide bonds. The van der Waals surface area contributed by atoms with Crippen LogP contribution in [-0.4, -0.2) is 18.0 Å². The first-order valence-electron chi connectivity index (χ1n) is 6.21. The van der Waals surface area contributed by atoms with Crippen LogP contribution >= 0.6 is 0 Å². The summed E-state index contributed by atoms with van der Waals surface area (Å²) < 4.78 is 0. The zero-order chi connectivity index (χ0) is 11.3. The van der Waals surface area contributed by atoms with E-state index in [9.17, 15) is 4.79 Å². The predicted octanol–water partition coefficient (Wildman–Crippen LogP) is 1.81. The molecule has 88 valence electrons. The van der Waals surface area contributed by atoms with Crippen LogP contribution in [0, 0.1) is 5.92 Å². The lowest BCUT2D eigenvalue weighted by Crippen LogP contribution is -2.46. The van der Waals surface area contributed by atoms with Crippen LogP contribution in [0.4, 0.5) is 0 Å². The summed E-state index contributed by atoms with van der Waals surface area (Å²) in [4.78, 5) is 11.6. The number of nitrogens with one attached hydrogen (secondary N) is 1. The Kier molecular flexibility index (Phi) is 5.09. The molecule has 0 aliphatic heterocycles. The first-order valence-corrected chi connectivity index (χ1v) is 6.21. The van der Waals surface area contributed by atoms with Crippen LogP contribution in [0.3, 0.4) is 0 Å². The monoisotopic (exact) mass is 212 g/mol. The van der Waals surface area contributed by atoms with Crippen molar-refractivity contribution in [3.63, 3.8) is 0 Å². The van der Waals surface area contributed by atoms with Gasteiger partial charge in [-0.3, -0.25) is 4.79 Å². The second kappa shape index (κ2) is 6.11. The molecule has 0 radical (unpaired) electrons. The molecule has 15 heavy (non-hydrogen) atoms. The summed E-state index contributed by atoms with van der Waals surface area (Å²) in [5, 5.41) is 3.04. The van der Waals surface area contributed by atoms with E-state index < -0.39 is 0 Å². The summed E-state index contributed by atoms with van der Waals surface area (Å²) in [5.41, 5.74) is 5.68. The molecule has 0 heterocycles. The molecule has 0 aromatic heterocycles. The van der Waals surface area contributed by atoms with Crippen LogP contribution in [0.1, 0.15) is 52.4 Å². The number of hydrogen-bond donors (Lipinski definition) is 2. The fraction of sp³-hybridized carbons (Fsp3) is 0.917. The largest absolute Gasteiger partial charge is 0.352 e. The summed E-state index contributed by atoms with van der Waals surface area (Å²) in [7, 11) is 0. The van der Waals surface area contributed by atoms with Crippen LogP contribution in [0.5, 0.6) is 0 Å². The second-order valence-electron chi connectivity index (χ2n) is 4.71. The van der Waals surface area contributed by atoms with Crippen molar-refractivity contribution in [1.29, 1.82) is 0 Å². The summed E-state index contributed by atoms with van der Waals surface area (Å²) in [6, 6.07) is -0.0496. The lowest BCUT2D eigenvalue weighted by Gasteiger charge is -2.29. The van der Waals surface area contributed by atoms with Crippen molar-refractivity contribution < 1.29 is 4.79 Å². The molecule has 0 saturated heterocycles. The lowest BCUT2D eigenvalue weighted by molar-refractivity contribution is -0.123. The molecule has 3 N–H and O–H groups in total. The molecule has 1 aliphatic rings. The SMILES string of the molecule is CC[C@H](N)C(=O)N[C@@H](C)C1CCCCC1. The molecular weight excluding hydrogens is 188 g/mol. The normalized spacial score (nSPS) is 22.1. The van der Waals surface area contributed by atoms with Gasteiger partial charge in [-0.15, -0.1) is 0 Å². The molecule has 1 rings (SSSR count). The van der Waals surface area contributed by atoms with Crippen LogP contribution in [0.25, 0.3) is 0 Å². The number of nitrogens with two attached hydrogens (primary N) is 1. The highest BCUT2D eigenvalue weighted by molar-refractivity contribution is 5.81. The van der Waals surface area contributed by atoms with Gasteiger partial charge >= 0.3 is 0 Å². The van der Waals surface area contributed by atoms with E-state index in [0.29, 0.717) is 12.3 Å². The molecule has 3 heteroatoms. The van der Waals surface area contributed by atoms with Crippen LogP contribution in [0.15, 0.2) is 0 Å². The Balaban J connectivity index is 2.33. The molecular formula is C12H24N2O. The van der Waals surface area contributed by atoms with Crippen molar-refractivity contribution in [3.05, 3.63) is 0 Å². The van der Waals surface area contributed by atoms with E-state index in [2.05, 4.69) is 12.2 Å². The standard InChI is InChI=1S/C12H24N2O/c1-3-11(13)12(15)14-9(2)10-7-5-4-6-8-10/h9-11H,3-8,13H2,1-2H3,(H,14,15)/t9-,11-/m0/s1. The summed E-state index contributed by atoms with van der Waals surface area (Å²) >= 11 is 0. The van der Waals surface area contributed by atoms with E-state index in [4.69, 9.17) is 5.73 Å². The number of rotatable bonds is 4. The minimum absolute atomic E-state index is 0.00979. The summed E-state index contributed by atoms with van der Waals surface area (Å²) in [6.07, 6.45) is 7.19. The van der Waals surface area contributed by atoms with Crippen LogP contribution in [-0.2, 0) is 4.79 Å². The van der Waals surface area contributed by atoms with Crippen molar-refractivity contribution in [2.24, 2.45) is 11.7 Å². The highest BCUT2D eigenvalue weighted by Gasteiger charge is 2.22. The number of hydrogen-bond acceptors (Lipinski definition) is 2. The lowest BCUT2D eigenvalue weighted by atomic mass is 9.84. The molecule has 1 saturated carbocycles. The predicted molar refractivity (Wildman–Crippen MR) is 62.4 cm³/mol. The number of amides is 1. The third-order valence-corrected chi connectivity index (χ3v) is 3.50. The molecule has 0 aromatic carbocycles. The van der Waals surface area contributed by atoms with Gasteiger partial charge < -0.3 is 11.1 Å². The Labute approximate surface area is 92.8 Å². The van der Waals surface area contributed by atoms with Crippen molar-refractivity contribution in [2.45, 2.75) is 64.5 Å². The average Bonchev–Trinajstić information content (AvgIpc) is 2.29. The molecule has 0 bridgehead atoms. The minimum atomic E-state index is -0.337. The first-order chi connectivity index (χ1) is 7.15. The van der Waals surface area contributed by atoms with Crippen molar-refractivity contribution in [3.8, 4) is 0 Å². The van der Waals surface area contributed by atoms with Crippen molar-refractivity contribution >= 4 is 5.91 Å². The van der Waals surface area contributed by atoms with Gasteiger partial charge in [-0.05, 0) is 32.1 Å². The Morgan fingerprint density at radius 1 is 1.40 bits per heavy atom. The summed E-state index contributed by atoms with van der Waals surface area (Å²) in [6.45, 7) is 4.05. The topological polar surface area (TPSA) is 55.1 Å². The molecule has 0 aromatic rings. The van der Waals surface area contributed by atoms with Crippen LogP contribution < -0.4 is 11.1 Å². The third-order valence-electron chi connectivity index (χ3n) is 3.50. The van der Waals surface area contributed by atoms with E-state index in [1.54, 1.807) is 0 Å². The van der Waals surface area contributed by atoms with Gasteiger partial charge in [-0.25, -0.2) is 0 Å². The Hall–Kier alpha value is -0.570. The van der Waals surface area contributed by atoms with E-state index in [0.717, 1.165) is 0 Å². The maximum atomic E-state index is 11.6. The molecule has 3 nitrogen and oxygen atoms in total. The molecule has 2 atom stereocenters. The van der Waals surface area contributed by atoms with Gasteiger partial charge in [-0.1, -0.05) is 26.2 Å². The fourth-order valence-corrected chi connectivity index (χ4v) is 2.27. The maximum absolute atomic E-state index is 11.6. The van der Waals surface area contributed by atoms with E-state index in [-0.39, 0.29) is 18.0 Å². The molecule has 1 aliphatic carbocycles. The van der Waals surface area contributed by atoms with Gasteiger partial charge in [-0.2, -0.15) is 0 Å². The van der Waals surface area contributed by atoms with Crippen molar-refractivity contribution in [2.75, 3.05) is 0 Å².